The number of carbonyl (C=O) groups is 1. The number of rotatable bonds is 4. The molecule has 0 bridgehead atoms. The van der Waals surface area contributed by atoms with Crippen LogP contribution in [-0.4, -0.2) is 12.2 Å². The van der Waals surface area contributed by atoms with E-state index in [1.54, 1.807) is 0 Å². The number of carbonyl (C=O) groups excluding carboxylic acids is 1. The number of halogens is 2. The lowest BCUT2D eigenvalue weighted by molar-refractivity contribution is -0.129. The van der Waals surface area contributed by atoms with Gasteiger partial charge in [0.15, 0.2) is 5.78 Å². The van der Waals surface area contributed by atoms with Crippen LogP contribution in [0, 0.1) is 0 Å². The standard InChI is InChI=1S/C6H10F2O/c1-2-3-4-5(9)6(7)8/h6H,2-4H2,1H3. The molecule has 3 heteroatoms. The van der Waals surface area contributed by atoms with Crippen LogP contribution >= 0.6 is 0 Å². The molecule has 0 aromatic carbocycles. The van der Waals surface area contributed by atoms with Crippen molar-refractivity contribution < 1.29 is 13.6 Å². The molecule has 0 saturated carbocycles. The fraction of sp³-hybridized carbons (Fsp3) is 0.833. The van der Waals surface area contributed by atoms with Crippen LogP contribution in [0.25, 0.3) is 0 Å². The van der Waals surface area contributed by atoms with Gasteiger partial charge in [0.1, 0.15) is 0 Å². The smallest absolute Gasteiger partial charge is 0.293 e. The van der Waals surface area contributed by atoms with Crippen LogP contribution in [-0.2, 0) is 4.79 Å². The Morgan fingerprint density at radius 1 is 1.56 bits per heavy atom. The molecule has 54 valence electrons. The average molecular weight is 136 g/mol. The van der Waals surface area contributed by atoms with Crippen molar-refractivity contribution in [3.8, 4) is 0 Å². The summed E-state index contributed by atoms with van der Waals surface area (Å²) in [6, 6.07) is 0. The Hall–Kier alpha value is -0.470. The lowest BCUT2D eigenvalue weighted by Gasteiger charge is -1.94. The minimum Gasteiger partial charge on any atom is -0.293 e. The first kappa shape index (κ1) is 8.53. The van der Waals surface area contributed by atoms with E-state index in [1.165, 1.54) is 0 Å². The van der Waals surface area contributed by atoms with Crippen LogP contribution in [0.3, 0.4) is 0 Å². The minimum absolute atomic E-state index is 0.0220. The SMILES string of the molecule is CCCCC(=O)C(F)F. The minimum atomic E-state index is -2.77. The number of hydrogen-bond acceptors (Lipinski definition) is 1. The van der Waals surface area contributed by atoms with Crippen molar-refractivity contribution in [1.29, 1.82) is 0 Å². The van der Waals surface area contributed by atoms with E-state index in [2.05, 4.69) is 0 Å². The molecule has 0 N–H and O–H groups in total. The Morgan fingerprint density at radius 2 is 2.11 bits per heavy atom. The maximum atomic E-state index is 11.4. The van der Waals surface area contributed by atoms with Gasteiger partial charge in [0.25, 0.3) is 6.43 Å². The van der Waals surface area contributed by atoms with Gasteiger partial charge in [-0.15, -0.1) is 0 Å². The zero-order valence-corrected chi connectivity index (χ0v) is 5.36. The molecule has 0 aliphatic heterocycles. The molecule has 0 aromatic rings. The van der Waals surface area contributed by atoms with E-state index in [9.17, 15) is 13.6 Å². The van der Waals surface area contributed by atoms with Crippen LogP contribution in [0.1, 0.15) is 26.2 Å². The molecule has 0 aliphatic rings. The van der Waals surface area contributed by atoms with Gasteiger partial charge in [-0.3, -0.25) is 4.79 Å². The lowest BCUT2D eigenvalue weighted by atomic mass is 10.2. The maximum Gasteiger partial charge on any atom is 0.295 e. The Bertz CT molecular complexity index is 91.1. The second-order valence-corrected chi connectivity index (χ2v) is 1.87. The zero-order valence-electron chi connectivity index (χ0n) is 5.36. The van der Waals surface area contributed by atoms with Gasteiger partial charge in [0.2, 0.25) is 0 Å². The van der Waals surface area contributed by atoms with E-state index in [-0.39, 0.29) is 6.42 Å². The van der Waals surface area contributed by atoms with Gasteiger partial charge >= 0.3 is 0 Å². The van der Waals surface area contributed by atoms with Crippen LogP contribution in [0.2, 0.25) is 0 Å². The Labute approximate surface area is 53.1 Å². The molecule has 1 nitrogen and oxygen atoms in total. The second kappa shape index (κ2) is 4.41. The molecule has 0 rings (SSSR count). The van der Waals surface area contributed by atoms with Crippen molar-refractivity contribution in [3.05, 3.63) is 0 Å². The fourth-order valence-electron chi connectivity index (χ4n) is 0.460. The topological polar surface area (TPSA) is 17.1 Å². The van der Waals surface area contributed by atoms with Gasteiger partial charge in [0.05, 0.1) is 0 Å². The quantitative estimate of drug-likeness (QED) is 0.577. The monoisotopic (exact) mass is 136 g/mol. The van der Waals surface area contributed by atoms with Crippen molar-refractivity contribution in [2.75, 3.05) is 0 Å². The predicted molar refractivity (Wildman–Crippen MR) is 30.5 cm³/mol. The Kier molecular flexibility index (Phi) is 4.18. The largest absolute Gasteiger partial charge is 0.295 e. The second-order valence-electron chi connectivity index (χ2n) is 1.87. The van der Waals surface area contributed by atoms with Gasteiger partial charge < -0.3 is 0 Å². The Balaban J connectivity index is 3.28. The van der Waals surface area contributed by atoms with Crippen molar-refractivity contribution in [1.82, 2.24) is 0 Å². The number of Topliss-reactive ketones (excluding diaryl/α,β-unsaturated/α-hetero) is 1. The summed E-state index contributed by atoms with van der Waals surface area (Å²) in [7, 11) is 0. The highest BCUT2D eigenvalue weighted by atomic mass is 19.3. The third-order valence-electron chi connectivity index (χ3n) is 1.02. The average Bonchev–Trinajstić information content (AvgIpc) is 1.82. The summed E-state index contributed by atoms with van der Waals surface area (Å²) in [6.45, 7) is 1.86. The first-order chi connectivity index (χ1) is 4.18. The normalized spacial score (nSPS) is 10.2. The molecule has 0 aromatic heterocycles. The van der Waals surface area contributed by atoms with Gasteiger partial charge in [-0.1, -0.05) is 13.3 Å². The first-order valence-corrected chi connectivity index (χ1v) is 2.99. The molecular formula is C6H10F2O. The van der Waals surface area contributed by atoms with Crippen LogP contribution < -0.4 is 0 Å². The van der Waals surface area contributed by atoms with Gasteiger partial charge in [-0.05, 0) is 6.42 Å². The first-order valence-electron chi connectivity index (χ1n) is 2.99. The highest BCUT2D eigenvalue weighted by Crippen LogP contribution is 2.02. The van der Waals surface area contributed by atoms with Gasteiger partial charge in [-0.25, -0.2) is 8.78 Å². The van der Waals surface area contributed by atoms with Crippen LogP contribution in [0.4, 0.5) is 8.78 Å². The number of alkyl halides is 2. The molecule has 0 amide bonds. The van der Waals surface area contributed by atoms with E-state index in [0.29, 0.717) is 6.42 Å². The van der Waals surface area contributed by atoms with E-state index in [4.69, 9.17) is 0 Å². The van der Waals surface area contributed by atoms with E-state index < -0.39 is 12.2 Å². The summed E-state index contributed by atoms with van der Waals surface area (Å²) in [5.41, 5.74) is 0. The maximum absolute atomic E-state index is 11.4. The molecule has 0 saturated heterocycles. The van der Waals surface area contributed by atoms with Crippen LogP contribution in [0.15, 0.2) is 0 Å². The molecule has 0 atom stereocenters. The van der Waals surface area contributed by atoms with Crippen LogP contribution in [0.5, 0.6) is 0 Å². The summed E-state index contributed by atoms with van der Waals surface area (Å²) < 4.78 is 22.8. The molecule has 0 fully saturated rings. The summed E-state index contributed by atoms with van der Waals surface area (Å²) in [4.78, 5) is 10.2. The molecule has 0 aliphatic carbocycles. The van der Waals surface area contributed by atoms with Gasteiger partial charge in [-0.2, -0.15) is 0 Å². The Morgan fingerprint density at radius 3 is 2.44 bits per heavy atom. The van der Waals surface area contributed by atoms with E-state index >= 15 is 0 Å². The summed E-state index contributed by atoms with van der Waals surface area (Å²) in [6.07, 6.45) is -1.38. The fourth-order valence-corrected chi connectivity index (χ4v) is 0.460. The molecule has 0 heterocycles. The van der Waals surface area contributed by atoms with Crippen molar-refractivity contribution in [3.63, 3.8) is 0 Å². The number of hydrogen-bond donors (Lipinski definition) is 0. The number of ketones is 1. The van der Waals surface area contributed by atoms with E-state index in [0.717, 1.165) is 6.42 Å². The summed E-state index contributed by atoms with van der Waals surface area (Å²) >= 11 is 0. The third-order valence-corrected chi connectivity index (χ3v) is 1.02. The number of unbranched alkanes of at least 4 members (excludes halogenated alkanes) is 1. The summed E-state index contributed by atoms with van der Waals surface area (Å²) in [5.74, 6) is -0.933. The van der Waals surface area contributed by atoms with E-state index in [1.807, 2.05) is 6.92 Å². The molecule has 0 radical (unpaired) electrons. The molecular weight excluding hydrogens is 126 g/mol. The predicted octanol–water partition coefficient (Wildman–Crippen LogP) is 2.01. The third kappa shape index (κ3) is 4.06. The summed E-state index contributed by atoms with van der Waals surface area (Å²) in [5, 5.41) is 0. The highest BCUT2D eigenvalue weighted by molar-refractivity contribution is 5.81. The molecule has 0 unspecified atom stereocenters. The van der Waals surface area contributed by atoms with Crippen molar-refractivity contribution in [2.24, 2.45) is 0 Å². The molecule has 0 spiro atoms. The van der Waals surface area contributed by atoms with Gasteiger partial charge in [0, 0.05) is 6.42 Å². The zero-order chi connectivity index (χ0) is 7.28. The lowest BCUT2D eigenvalue weighted by Crippen LogP contribution is -2.08. The molecule has 9 heavy (non-hydrogen) atoms. The van der Waals surface area contributed by atoms with Crippen molar-refractivity contribution in [2.45, 2.75) is 32.6 Å². The van der Waals surface area contributed by atoms with Crippen molar-refractivity contribution >= 4 is 5.78 Å². The highest BCUT2D eigenvalue weighted by Gasteiger charge is 2.12.